The lowest BCUT2D eigenvalue weighted by Gasteiger charge is -2.19. The van der Waals surface area contributed by atoms with Gasteiger partial charge in [-0.25, -0.2) is 4.79 Å². The monoisotopic (exact) mass is 290 g/mol. The fraction of sp³-hybridized carbons (Fsp3) is 0.471. The van der Waals surface area contributed by atoms with Crippen LogP contribution in [-0.2, 0) is 6.42 Å². The van der Waals surface area contributed by atoms with Crippen LogP contribution in [0.3, 0.4) is 0 Å². The van der Waals surface area contributed by atoms with E-state index in [9.17, 15) is 4.79 Å². The molecule has 0 radical (unpaired) electrons. The molecule has 1 rings (SSSR count). The van der Waals surface area contributed by atoms with E-state index < -0.39 is 0 Å². The second kappa shape index (κ2) is 7.72. The summed E-state index contributed by atoms with van der Waals surface area (Å²) in [7, 11) is 1.65. The van der Waals surface area contributed by atoms with Gasteiger partial charge >= 0.3 is 6.03 Å². The van der Waals surface area contributed by atoms with Gasteiger partial charge in [0.15, 0.2) is 0 Å². The van der Waals surface area contributed by atoms with E-state index in [0.29, 0.717) is 6.54 Å². The second-order valence-corrected chi connectivity index (χ2v) is 6.08. The molecule has 2 N–H and O–H groups in total. The summed E-state index contributed by atoms with van der Waals surface area (Å²) in [6.07, 6.45) is 2.56. The van der Waals surface area contributed by atoms with E-state index in [1.165, 1.54) is 0 Å². The van der Waals surface area contributed by atoms with E-state index in [-0.39, 0.29) is 11.4 Å². The molecule has 116 valence electrons. The molecule has 0 saturated carbocycles. The summed E-state index contributed by atoms with van der Waals surface area (Å²) in [5.41, 5.74) is 2.36. The third-order valence-corrected chi connectivity index (χ3v) is 3.46. The van der Waals surface area contributed by atoms with Crippen molar-refractivity contribution in [2.75, 3.05) is 13.7 Å². The topological polar surface area (TPSA) is 50.4 Å². The van der Waals surface area contributed by atoms with Gasteiger partial charge in [-0.05, 0) is 36.5 Å². The van der Waals surface area contributed by atoms with Gasteiger partial charge in [-0.2, -0.15) is 0 Å². The minimum Gasteiger partial charge on any atom is -0.497 e. The first kappa shape index (κ1) is 17.1. The predicted molar refractivity (Wildman–Crippen MR) is 86.4 cm³/mol. The summed E-state index contributed by atoms with van der Waals surface area (Å²) in [6, 6.07) is 7.67. The van der Waals surface area contributed by atoms with Crippen molar-refractivity contribution in [2.24, 2.45) is 5.41 Å². The molecule has 0 aromatic heterocycles. The Morgan fingerprint density at radius 1 is 1.24 bits per heavy atom. The Bertz CT molecular complexity index is 485. The molecular formula is C17H26N2O2. The van der Waals surface area contributed by atoms with E-state index in [1.54, 1.807) is 13.3 Å². The highest BCUT2D eigenvalue weighted by Crippen LogP contribution is 2.23. The van der Waals surface area contributed by atoms with E-state index >= 15 is 0 Å². The highest BCUT2D eigenvalue weighted by Gasteiger charge is 2.12. The minimum atomic E-state index is -0.174. The zero-order chi connectivity index (χ0) is 15.9. The largest absolute Gasteiger partial charge is 0.497 e. The molecule has 0 heterocycles. The quantitative estimate of drug-likeness (QED) is 0.872. The van der Waals surface area contributed by atoms with Crippen LogP contribution in [0.2, 0.25) is 0 Å². The Labute approximate surface area is 127 Å². The van der Waals surface area contributed by atoms with Gasteiger partial charge in [0.2, 0.25) is 0 Å². The number of rotatable bonds is 5. The van der Waals surface area contributed by atoms with E-state index in [4.69, 9.17) is 4.74 Å². The average molecular weight is 290 g/mol. The molecule has 0 saturated heterocycles. The van der Waals surface area contributed by atoms with Crippen molar-refractivity contribution in [1.82, 2.24) is 10.6 Å². The van der Waals surface area contributed by atoms with Gasteiger partial charge in [-0.15, -0.1) is 0 Å². The standard InChI is InChI=1S/C17H26N2O2/c1-13(17(2,3)4)12-19-16(20)18-11-10-14-6-8-15(21-5)9-7-14/h6-9,12H,10-11H2,1-5H3,(H2,18,19,20)/b13-12+. The molecule has 0 spiro atoms. The van der Waals surface area contributed by atoms with Crippen molar-refractivity contribution < 1.29 is 9.53 Å². The maximum Gasteiger partial charge on any atom is 0.318 e. The number of nitrogens with one attached hydrogen (secondary N) is 2. The van der Waals surface area contributed by atoms with Crippen LogP contribution >= 0.6 is 0 Å². The second-order valence-electron chi connectivity index (χ2n) is 6.08. The van der Waals surface area contributed by atoms with E-state index in [0.717, 1.165) is 23.3 Å². The Morgan fingerprint density at radius 3 is 2.38 bits per heavy atom. The van der Waals surface area contributed by atoms with Gasteiger partial charge in [-0.1, -0.05) is 38.5 Å². The van der Waals surface area contributed by atoms with Crippen LogP contribution in [-0.4, -0.2) is 19.7 Å². The Kier molecular flexibility index (Phi) is 6.28. The van der Waals surface area contributed by atoms with Gasteiger partial charge in [0.25, 0.3) is 0 Å². The number of benzene rings is 1. The van der Waals surface area contributed by atoms with Gasteiger partial charge in [0.05, 0.1) is 7.11 Å². The Morgan fingerprint density at radius 2 is 1.86 bits per heavy atom. The number of hydrogen-bond acceptors (Lipinski definition) is 2. The van der Waals surface area contributed by atoms with Gasteiger partial charge in [0, 0.05) is 12.7 Å². The fourth-order valence-corrected chi connectivity index (χ4v) is 1.55. The van der Waals surface area contributed by atoms with Crippen molar-refractivity contribution in [3.63, 3.8) is 0 Å². The lowest BCUT2D eigenvalue weighted by Crippen LogP contribution is -2.34. The molecule has 0 fully saturated rings. The summed E-state index contributed by atoms with van der Waals surface area (Å²) in [5.74, 6) is 0.840. The smallest absolute Gasteiger partial charge is 0.318 e. The van der Waals surface area contributed by atoms with Crippen LogP contribution in [0.15, 0.2) is 36.0 Å². The molecule has 1 aromatic carbocycles. The number of ether oxygens (including phenoxy) is 1. The first-order valence-electron chi connectivity index (χ1n) is 7.17. The fourth-order valence-electron chi connectivity index (χ4n) is 1.55. The van der Waals surface area contributed by atoms with Crippen LogP contribution in [0.4, 0.5) is 4.79 Å². The molecule has 0 bridgehead atoms. The molecule has 0 atom stereocenters. The van der Waals surface area contributed by atoms with Crippen molar-refractivity contribution in [3.05, 3.63) is 41.6 Å². The van der Waals surface area contributed by atoms with Crippen LogP contribution in [0.5, 0.6) is 5.75 Å². The zero-order valence-electron chi connectivity index (χ0n) is 13.6. The lowest BCUT2D eigenvalue weighted by atomic mass is 9.88. The van der Waals surface area contributed by atoms with Gasteiger partial charge in [-0.3, -0.25) is 0 Å². The maximum absolute atomic E-state index is 11.7. The molecule has 0 aliphatic carbocycles. The minimum absolute atomic E-state index is 0.0658. The number of urea groups is 1. The molecule has 0 aliphatic rings. The molecule has 21 heavy (non-hydrogen) atoms. The van der Waals surface area contributed by atoms with Crippen LogP contribution < -0.4 is 15.4 Å². The zero-order valence-corrected chi connectivity index (χ0v) is 13.6. The van der Waals surface area contributed by atoms with Crippen molar-refractivity contribution >= 4 is 6.03 Å². The van der Waals surface area contributed by atoms with Crippen LogP contribution in [0, 0.1) is 5.41 Å². The highest BCUT2D eigenvalue weighted by atomic mass is 16.5. The summed E-state index contributed by atoms with van der Waals surface area (Å²) in [5, 5.41) is 5.60. The van der Waals surface area contributed by atoms with E-state index in [2.05, 4.69) is 31.4 Å². The predicted octanol–water partition coefficient (Wildman–Crippen LogP) is 3.49. The maximum atomic E-state index is 11.7. The molecule has 0 unspecified atom stereocenters. The molecular weight excluding hydrogens is 264 g/mol. The summed E-state index contributed by atoms with van der Waals surface area (Å²) in [4.78, 5) is 11.7. The Balaban J connectivity index is 2.33. The SMILES string of the molecule is COc1ccc(CCNC(=O)N/C=C(\C)C(C)(C)C)cc1. The molecule has 4 nitrogen and oxygen atoms in total. The molecule has 1 aromatic rings. The molecule has 4 heteroatoms. The molecule has 2 amide bonds. The first-order valence-corrected chi connectivity index (χ1v) is 7.17. The van der Waals surface area contributed by atoms with Gasteiger partial charge in [0.1, 0.15) is 5.75 Å². The highest BCUT2D eigenvalue weighted by molar-refractivity contribution is 5.74. The number of amides is 2. The first-order chi connectivity index (χ1) is 9.82. The number of carbonyl (C=O) groups is 1. The summed E-state index contributed by atoms with van der Waals surface area (Å²) >= 11 is 0. The van der Waals surface area contributed by atoms with Crippen LogP contribution in [0.25, 0.3) is 0 Å². The van der Waals surface area contributed by atoms with Crippen molar-refractivity contribution in [3.8, 4) is 5.75 Å². The number of hydrogen-bond donors (Lipinski definition) is 2. The number of methoxy groups -OCH3 is 1. The van der Waals surface area contributed by atoms with Gasteiger partial charge < -0.3 is 15.4 Å². The third-order valence-electron chi connectivity index (χ3n) is 3.46. The third kappa shape index (κ3) is 6.34. The normalized spacial score (nSPS) is 12.0. The van der Waals surface area contributed by atoms with Crippen LogP contribution in [0.1, 0.15) is 33.3 Å². The lowest BCUT2D eigenvalue weighted by molar-refractivity contribution is 0.244. The summed E-state index contributed by atoms with van der Waals surface area (Å²) < 4.78 is 5.11. The number of carbonyl (C=O) groups excluding carboxylic acids is 1. The van der Waals surface area contributed by atoms with Crippen molar-refractivity contribution in [1.29, 1.82) is 0 Å². The number of allylic oxidation sites excluding steroid dienone is 1. The van der Waals surface area contributed by atoms with Crippen molar-refractivity contribution in [2.45, 2.75) is 34.1 Å². The average Bonchev–Trinajstić information content (AvgIpc) is 2.44. The molecule has 0 aliphatic heterocycles. The summed E-state index contributed by atoms with van der Waals surface area (Å²) in [6.45, 7) is 8.95. The Hall–Kier alpha value is -1.97. The van der Waals surface area contributed by atoms with E-state index in [1.807, 2.05) is 31.2 Å².